The third-order valence-corrected chi connectivity index (χ3v) is 7.93. The number of rotatable bonds is 5. The van der Waals surface area contributed by atoms with Crippen molar-refractivity contribution in [2.45, 2.75) is 57.6 Å². The van der Waals surface area contributed by atoms with E-state index in [0.717, 1.165) is 31.2 Å². The summed E-state index contributed by atoms with van der Waals surface area (Å²) in [6, 6.07) is 9.20. The molecule has 0 aromatic heterocycles. The van der Waals surface area contributed by atoms with Gasteiger partial charge in [-0.25, -0.2) is 8.42 Å². The summed E-state index contributed by atoms with van der Waals surface area (Å²) in [5, 5.41) is 8.81. The van der Waals surface area contributed by atoms with Crippen molar-refractivity contribution in [1.29, 1.82) is 5.26 Å². The predicted octanol–water partition coefficient (Wildman–Crippen LogP) is 3.69. The van der Waals surface area contributed by atoms with Crippen LogP contribution in [0, 0.1) is 23.2 Å². The Bertz CT molecular complexity index is 744. The SMILES string of the molecule is CC(C)(C)S(=O)(=O)CC1CCC(C(=O)Cc2ccc(C#N)cc2)CC1. The summed E-state index contributed by atoms with van der Waals surface area (Å²) >= 11 is 0. The Labute approximate surface area is 151 Å². The minimum atomic E-state index is -3.10. The number of sulfone groups is 1. The van der Waals surface area contributed by atoms with Crippen molar-refractivity contribution in [3.05, 3.63) is 35.4 Å². The number of carbonyl (C=O) groups is 1. The number of hydrogen-bond donors (Lipinski definition) is 0. The Morgan fingerprint density at radius 2 is 1.68 bits per heavy atom. The van der Waals surface area contributed by atoms with E-state index in [1.807, 2.05) is 12.1 Å². The van der Waals surface area contributed by atoms with Crippen molar-refractivity contribution < 1.29 is 13.2 Å². The number of ketones is 1. The molecule has 1 fully saturated rings. The van der Waals surface area contributed by atoms with Crippen LogP contribution >= 0.6 is 0 Å². The lowest BCUT2D eigenvalue weighted by Crippen LogP contribution is -2.35. The highest BCUT2D eigenvalue weighted by Crippen LogP contribution is 2.32. The third kappa shape index (κ3) is 5.15. The van der Waals surface area contributed by atoms with Gasteiger partial charge in [-0.2, -0.15) is 5.26 Å². The van der Waals surface area contributed by atoms with Crippen molar-refractivity contribution in [3.8, 4) is 6.07 Å². The molecule has 1 aromatic carbocycles. The zero-order chi connectivity index (χ0) is 18.7. The quantitative estimate of drug-likeness (QED) is 0.801. The molecule has 0 unspecified atom stereocenters. The molecule has 1 saturated carbocycles. The molecule has 0 amide bonds. The van der Waals surface area contributed by atoms with Crippen LogP contribution in [0.2, 0.25) is 0 Å². The van der Waals surface area contributed by atoms with Gasteiger partial charge in [0.05, 0.1) is 22.1 Å². The highest BCUT2D eigenvalue weighted by Gasteiger charge is 2.34. The summed E-state index contributed by atoms with van der Waals surface area (Å²) in [5.74, 6) is 0.654. The lowest BCUT2D eigenvalue weighted by Gasteiger charge is -2.30. The Hall–Kier alpha value is -1.67. The van der Waals surface area contributed by atoms with E-state index in [1.54, 1.807) is 32.9 Å². The van der Waals surface area contributed by atoms with Crippen molar-refractivity contribution in [2.24, 2.45) is 11.8 Å². The maximum absolute atomic E-state index is 12.5. The molecule has 0 heterocycles. The molecular formula is C20H27NO3S. The zero-order valence-electron chi connectivity index (χ0n) is 15.3. The number of nitrogens with zero attached hydrogens (tertiary/aromatic N) is 1. The van der Waals surface area contributed by atoms with Crippen LogP contribution in [-0.4, -0.2) is 24.7 Å². The van der Waals surface area contributed by atoms with Gasteiger partial charge < -0.3 is 0 Å². The average Bonchev–Trinajstić information content (AvgIpc) is 2.55. The van der Waals surface area contributed by atoms with Crippen molar-refractivity contribution in [2.75, 3.05) is 5.75 Å². The molecule has 0 radical (unpaired) electrons. The Morgan fingerprint density at radius 3 is 2.16 bits per heavy atom. The minimum Gasteiger partial charge on any atom is -0.299 e. The standard InChI is InChI=1S/C20H27NO3S/c1-20(2,3)25(23,24)14-17-8-10-18(11-9-17)19(22)12-15-4-6-16(13-21)7-5-15/h4-7,17-18H,8-12,14H2,1-3H3. The molecular weight excluding hydrogens is 334 g/mol. The lowest BCUT2D eigenvalue weighted by molar-refractivity contribution is -0.123. The minimum absolute atomic E-state index is 0.0317. The maximum Gasteiger partial charge on any atom is 0.155 e. The molecule has 1 aliphatic carbocycles. The van der Waals surface area contributed by atoms with E-state index in [9.17, 15) is 13.2 Å². The second-order valence-electron chi connectivity index (χ2n) is 8.06. The van der Waals surface area contributed by atoms with Gasteiger partial charge in [0, 0.05) is 12.3 Å². The first-order chi connectivity index (χ1) is 11.6. The Kier molecular flexibility index (Phi) is 6.05. The van der Waals surface area contributed by atoms with Crippen LogP contribution < -0.4 is 0 Å². The van der Waals surface area contributed by atoms with Crippen LogP contribution in [0.5, 0.6) is 0 Å². The van der Waals surface area contributed by atoms with E-state index < -0.39 is 14.6 Å². The molecule has 5 heteroatoms. The molecule has 0 saturated heterocycles. The molecule has 136 valence electrons. The van der Waals surface area contributed by atoms with E-state index >= 15 is 0 Å². The van der Waals surface area contributed by atoms with Gasteiger partial charge in [0.2, 0.25) is 0 Å². The molecule has 0 atom stereocenters. The number of carbonyl (C=O) groups excluding carboxylic acids is 1. The summed E-state index contributed by atoms with van der Waals surface area (Å²) in [6.07, 6.45) is 3.55. The van der Waals surface area contributed by atoms with Gasteiger partial charge >= 0.3 is 0 Å². The first-order valence-corrected chi connectivity index (χ1v) is 10.5. The van der Waals surface area contributed by atoms with Gasteiger partial charge in [-0.05, 0) is 70.1 Å². The fraction of sp³-hybridized carbons (Fsp3) is 0.600. The van der Waals surface area contributed by atoms with Crippen LogP contribution in [0.3, 0.4) is 0 Å². The van der Waals surface area contributed by atoms with Crippen LogP contribution in [0.4, 0.5) is 0 Å². The van der Waals surface area contributed by atoms with Crippen LogP contribution in [0.25, 0.3) is 0 Å². The van der Waals surface area contributed by atoms with E-state index in [0.29, 0.717) is 12.0 Å². The van der Waals surface area contributed by atoms with Crippen LogP contribution in [0.1, 0.15) is 57.6 Å². The third-order valence-electron chi connectivity index (χ3n) is 5.15. The van der Waals surface area contributed by atoms with E-state index in [2.05, 4.69) is 6.07 Å². The van der Waals surface area contributed by atoms with Gasteiger partial charge in [-0.1, -0.05) is 12.1 Å². The Balaban J connectivity index is 1.87. The summed E-state index contributed by atoms with van der Waals surface area (Å²) < 4.78 is 24.0. The molecule has 1 aromatic rings. The second-order valence-corrected chi connectivity index (χ2v) is 10.9. The van der Waals surface area contributed by atoms with Crippen molar-refractivity contribution >= 4 is 15.6 Å². The molecule has 0 aliphatic heterocycles. The molecule has 25 heavy (non-hydrogen) atoms. The summed E-state index contributed by atoms with van der Waals surface area (Å²) in [4.78, 5) is 12.5. The molecule has 2 rings (SSSR count). The predicted molar refractivity (Wildman–Crippen MR) is 98.9 cm³/mol. The van der Waals surface area contributed by atoms with Crippen LogP contribution in [-0.2, 0) is 21.1 Å². The van der Waals surface area contributed by atoms with Gasteiger partial charge in [0.1, 0.15) is 5.78 Å². The van der Waals surface area contributed by atoms with E-state index in [4.69, 9.17) is 5.26 Å². The fourth-order valence-corrected chi connectivity index (χ4v) is 4.71. The molecule has 1 aliphatic rings. The number of nitriles is 1. The topological polar surface area (TPSA) is 75.0 Å². The van der Waals surface area contributed by atoms with E-state index in [1.165, 1.54) is 0 Å². The average molecular weight is 362 g/mol. The first kappa shape index (κ1) is 19.7. The molecule has 0 spiro atoms. The van der Waals surface area contributed by atoms with E-state index in [-0.39, 0.29) is 23.4 Å². The van der Waals surface area contributed by atoms with Crippen molar-refractivity contribution in [1.82, 2.24) is 0 Å². The number of benzene rings is 1. The number of hydrogen-bond acceptors (Lipinski definition) is 4. The summed E-state index contributed by atoms with van der Waals surface area (Å²) in [7, 11) is -3.10. The maximum atomic E-state index is 12.5. The second kappa shape index (κ2) is 7.70. The summed E-state index contributed by atoms with van der Waals surface area (Å²) in [5.41, 5.74) is 1.53. The lowest BCUT2D eigenvalue weighted by atomic mass is 9.79. The highest BCUT2D eigenvalue weighted by molar-refractivity contribution is 7.92. The Morgan fingerprint density at radius 1 is 1.12 bits per heavy atom. The summed E-state index contributed by atoms with van der Waals surface area (Å²) in [6.45, 7) is 5.24. The fourth-order valence-electron chi connectivity index (χ4n) is 3.25. The van der Waals surface area contributed by atoms with Gasteiger partial charge in [0.25, 0.3) is 0 Å². The van der Waals surface area contributed by atoms with Gasteiger partial charge in [0.15, 0.2) is 9.84 Å². The highest BCUT2D eigenvalue weighted by atomic mass is 32.2. The molecule has 4 nitrogen and oxygen atoms in total. The smallest absolute Gasteiger partial charge is 0.155 e. The normalized spacial score (nSPS) is 21.5. The molecule has 0 bridgehead atoms. The number of Topliss-reactive ketones (excluding diaryl/α,β-unsaturated/α-hetero) is 1. The van der Waals surface area contributed by atoms with Gasteiger partial charge in [-0.15, -0.1) is 0 Å². The largest absolute Gasteiger partial charge is 0.299 e. The first-order valence-electron chi connectivity index (χ1n) is 8.86. The van der Waals surface area contributed by atoms with Crippen molar-refractivity contribution in [3.63, 3.8) is 0 Å². The van der Waals surface area contributed by atoms with Gasteiger partial charge in [-0.3, -0.25) is 4.79 Å². The molecule has 0 N–H and O–H groups in total. The zero-order valence-corrected chi connectivity index (χ0v) is 16.1. The monoisotopic (exact) mass is 361 g/mol. The van der Waals surface area contributed by atoms with Crippen LogP contribution in [0.15, 0.2) is 24.3 Å².